The van der Waals surface area contributed by atoms with Crippen LogP contribution in [-0.2, 0) is 22.7 Å². The number of ether oxygens (including phenoxy) is 1. The van der Waals surface area contributed by atoms with Gasteiger partial charge in [-0.3, -0.25) is 9.59 Å². The van der Waals surface area contributed by atoms with Gasteiger partial charge in [0.1, 0.15) is 6.61 Å². The Morgan fingerprint density at radius 2 is 1.62 bits per heavy atom. The van der Waals surface area contributed by atoms with Gasteiger partial charge in [-0.25, -0.2) is 4.98 Å². The second kappa shape index (κ2) is 14.0. The summed E-state index contributed by atoms with van der Waals surface area (Å²) in [5.41, 5.74) is 8.41. The number of carbonyl (C=O) groups is 2. The molecular formula is C24H35N5O3. The number of carbonyl (C=O) groups excluding carboxylic acids is 2. The molecule has 0 fully saturated rings. The first-order chi connectivity index (χ1) is 15.5. The van der Waals surface area contributed by atoms with E-state index in [0.29, 0.717) is 38.4 Å². The Balaban J connectivity index is 1.58. The molecule has 0 aliphatic rings. The average Bonchev–Trinajstić information content (AvgIpc) is 2.77. The van der Waals surface area contributed by atoms with Gasteiger partial charge in [-0.2, -0.15) is 4.98 Å². The Labute approximate surface area is 190 Å². The van der Waals surface area contributed by atoms with Gasteiger partial charge in [0.05, 0.1) is 0 Å². The highest BCUT2D eigenvalue weighted by Crippen LogP contribution is 2.13. The molecule has 0 aliphatic heterocycles. The topological polar surface area (TPSA) is 119 Å². The molecule has 174 valence electrons. The number of rotatable bonds is 14. The highest BCUT2D eigenvalue weighted by Gasteiger charge is 2.04. The SMILES string of the molecule is CCCCC(=O)NCCCCCC(=O)NCc1ccc(COc2cc(C)nc(N)n2)cc1. The summed E-state index contributed by atoms with van der Waals surface area (Å²) in [5, 5.41) is 5.87. The molecule has 0 aliphatic carbocycles. The molecule has 0 unspecified atom stereocenters. The number of nitrogens with two attached hydrogens (primary N) is 1. The molecule has 2 amide bonds. The van der Waals surface area contributed by atoms with Crippen LogP contribution in [0.5, 0.6) is 5.88 Å². The molecule has 4 N–H and O–H groups in total. The first-order valence-electron chi connectivity index (χ1n) is 11.3. The number of hydrogen-bond acceptors (Lipinski definition) is 6. The van der Waals surface area contributed by atoms with Gasteiger partial charge in [0.15, 0.2) is 0 Å². The largest absolute Gasteiger partial charge is 0.473 e. The van der Waals surface area contributed by atoms with Crippen molar-refractivity contribution in [1.29, 1.82) is 0 Å². The number of unbranched alkanes of at least 4 members (excludes halogenated alkanes) is 3. The van der Waals surface area contributed by atoms with Gasteiger partial charge < -0.3 is 21.1 Å². The van der Waals surface area contributed by atoms with Crippen molar-refractivity contribution >= 4 is 17.8 Å². The molecule has 0 saturated carbocycles. The molecule has 1 heterocycles. The van der Waals surface area contributed by atoms with Crippen LogP contribution in [0.4, 0.5) is 5.95 Å². The van der Waals surface area contributed by atoms with E-state index < -0.39 is 0 Å². The Bertz CT molecular complexity index is 835. The van der Waals surface area contributed by atoms with Gasteiger partial charge in [-0.05, 0) is 37.3 Å². The monoisotopic (exact) mass is 441 g/mol. The fourth-order valence-electron chi connectivity index (χ4n) is 3.08. The lowest BCUT2D eigenvalue weighted by Crippen LogP contribution is -2.24. The third-order valence-corrected chi connectivity index (χ3v) is 4.91. The number of amides is 2. The van der Waals surface area contributed by atoms with E-state index >= 15 is 0 Å². The number of nitrogens with zero attached hydrogens (tertiary/aromatic N) is 2. The molecule has 1 aromatic heterocycles. The minimum atomic E-state index is 0.0427. The molecular weight excluding hydrogens is 406 g/mol. The van der Waals surface area contributed by atoms with Crippen LogP contribution < -0.4 is 21.1 Å². The van der Waals surface area contributed by atoms with Crippen molar-refractivity contribution in [1.82, 2.24) is 20.6 Å². The van der Waals surface area contributed by atoms with Crippen LogP contribution in [0.15, 0.2) is 30.3 Å². The van der Waals surface area contributed by atoms with E-state index in [0.717, 1.165) is 48.9 Å². The zero-order valence-corrected chi connectivity index (χ0v) is 19.2. The molecule has 1 aromatic carbocycles. The smallest absolute Gasteiger partial charge is 0.223 e. The zero-order chi connectivity index (χ0) is 23.2. The van der Waals surface area contributed by atoms with E-state index in [-0.39, 0.29) is 17.8 Å². The van der Waals surface area contributed by atoms with Crippen LogP contribution in [0.1, 0.15) is 68.7 Å². The molecule has 8 nitrogen and oxygen atoms in total. The van der Waals surface area contributed by atoms with Crippen LogP contribution in [0, 0.1) is 6.92 Å². The Hall–Kier alpha value is -3.16. The molecule has 32 heavy (non-hydrogen) atoms. The summed E-state index contributed by atoms with van der Waals surface area (Å²) in [6, 6.07) is 9.62. The number of aromatic nitrogens is 2. The van der Waals surface area contributed by atoms with Gasteiger partial charge in [-0.15, -0.1) is 0 Å². The predicted molar refractivity (Wildman–Crippen MR) is 125 cm³/mol. The second-order valence-corrected chi connectivity index (χ2v) is 7.85. The fourth-order valence-corrected chi connectivity index (χ4v) is 3.08. The third kappa shape index (κ3) is 10.2. The Morgan fingerprint density at radius 1 is 0.938 bits per heavy atom. The van der Waals surface area contributed by atoms with Gasteiger partial charge in [0.25, 0.3) is 0 Å². The van der Waals surface area contributed by atoms with Gasteiger partial charge in [0, 0.05) is 37.7 Å². The van der Waals surface area contributed by atoms with E-state index in [1.807, 2.05) is 31.2 Å². The highest BCUT2D eigenvalue weighted by atomic mass is 16.5. The van der Waals surface area contributed by atoms with Crippen LogP contribution in [0.25, 0.3) is 0 Å². The van der Waals surface area contributed by atoms with Crippen LogP contribution in [0.2, 0.25) is 0 Å². The maximum atomic E-state index is 12.0. The van der Waals surface area contributed by atoms with Gasteiger partial charge in [-0.1, -0.05) is 44.0 Å². The summed E-state index contributed by atoms with van der Waals surface area (Å²) < 4.78 is 5.67. The molecule has 0 spiro atoms. The maximum Gasteiger partial charge on any atom is 0.223 e. The number of nitrogen functional groups attached to an aromatic ring is 1. The standard InChI is InChI=1S/C24H35N5O3/c1-3-4-8-21(30)26-14-7-5-6-9-22(31)27-16-19-10-12-20(13-11-19)17-32-23-15-18(2)28-24(25)29-23/h10-13,15H,3-9,14,16-17H2,1-2H3,(H,26,30)(H,27,31)(H2,25,28,29). The van der Waals surface area contributed by atoms with Crippen molar-refractivity contribution in [2.24, 2.45) is 0 Å². The summed E-state index contributed by atoms with van der Waals surface area (Å²) >= 11 is 0. The Kier molecular flexibility index (Phi) is 11.0. The predicted octanol–water partition coefficient (Wildman–Crippen LogP) is 3.43. The molecule has 0 saturated heterocycles. The normalized spacial score (nSPS) is 10.6. The van der Waals surface area contributed by atoms with Crippen LogP contribution in [-0.4, -0.2) is 28.3 Å². The molecule has 2 rings (SSSR count). The summed E-state index contributed by atoms with van der Waals surface area (Å²) in [7, 11) is 0. The number of aryl methyl sites for hydroxylation is 1. The van der Waals surface area contributed by atoms with Crippen molar-refractivity contribution in [2.45, 2.75) is 71.9 Å². The molecule has 2 aromatic rings. The fraction of sp³-hybridized carbons (Fsp3) is 0.500. The zero-order valence-electron chi connectivity index (χ0n) is 19.2. The first-order valence-corrected chi connectivity index (χ1v) is 11.3. The average molecular weight is 442 g/mol. The first kappa shape index (κ1) is 25.1. The van der Waals surface area contributed by atoms with E-state index in [9.17, 15) is 9.59 Å². The van der Waals surface area contributed by atoms with E-state index in [2.05, 4.69) is 27.5 Å². The van der Waals surface area contributed by atoms with Gasteiger partial charge >= 0.3 is 0 Å². The number of benzene rings is 1. The van der Waals surface area contributed by atoms with E-state index in [1.54, 1.807) is 6.07 Å². The maximum absolute atomic E-state index is 12.0. The summed E-state index contributed by atoms with van der Waals surface area (Å²) in [6.07, 6.45) is 5.70. The molecule has 8 heteroatoms. The summed E-state index contributed by atoms with van der Waals surface area (Å²) in [5.74, 6) is 0.808. The molecule has 0 bridgehead atoms. The Morgan fingerprint density at radius 3 is 2.34 bits per heavy atom. The second-order valence-electron chi connectivity index (χ2n) is 7.85. The van der Waals surface area contributed by atoms with Crippen LogP contribution >= 0.6 is 0 Å². The minimum absolute atomic E-state index is 0.0427. The van der Waals surface area contributed by atoms with Gasteiger partial charge in [0.2, 0.25) is 23.6 Å². The van der Waals surface area contributed by atoms with E-state index in [4.69, 9.17) is 10.5 Å². The summed E-state index contributed by atoms with van der Waals surface area (Å²) in [4.78, 5) is 31.6. The van der Waals surface area contributed by atoms with Crippen molar-refractivity contribution < 1.29 is 14.3 Å². The lowest BCUT2D eigenvalue weighted by molar-refractivity contribution is -0.122. The number of anilines is 1. The third-order valence-electron chi connectivity index (χ3n) is 4.91. The van der Waals surface area contributed by atoms with E-state index in [1.165, 1.54) is 0 Å². The van der Waals surface area contributed by atoms with Crippen molar-refractivity contribution in [3.8, 4) is 5.88 Å². The van der Waals surface area contributed by atoms with Crippen molar-refractivity contribution in [3.63, 3.8) is 0 Å². The minimum Gasteiger partial charge on any atom is -0.473 e. The highest BCUT2D eigenvalue weighted by molar-refractivity contribution is 5.76. The molecule has 0 radical (unpaired) electrons. The van der Waals surface area contributed by atoms with Crippen molar-refractivity contribution in [2.75, 3.05) is 12.3 Å². The number of hydrogen-bond donors (Lipinski definition) is 3. The lowest BCUT2D eigenvalue weighted by atomic mass is 10.1. The molecule has 0 atom stereocenters. The van der Waals surface area contributed by atoms with Crippen LogP contribution in [0.3, 0.4) is 0 Å². The quantitative estimate of drug-likeness (QED) is 0.387. The summed E-state index contributed by atoms with van der Waals surface area (Å²) in [6.45, 7) is 5.47. The van der Waals surface area contributed by atoms with Crippen molar-refractivity contribution in [3.05, 3.63) is 47.2 Å². The lowest BCUT2D eigenvalue weighted by Gasteiger charge is -2.09. The number of nitrogens with one attached hydrogen (secondary N) is 2.